The number of carbonyl (C=O) groups excluding carboxylic acids is 1. The van der Waals surface area contributed by atoms with E-state index in [0.29, 0.717) is 11.4 Å². The van der Waals surface area contributed by atoms with E-state index in [1.807, 2.05) is 30.9 Å². The molecular weight excluding hydrogens is 312 g/mol. The lowest BCUT2D eigenvalue weighted by molar-refractivity contribution is 0.0770. The van der Waals surface area contributed by atoms with Crippen molar-refractivity contribution in [1.29, 1.82) is 0 Å². The van der Waals surface area contributed by atoms with Crippen LogP contribution in [0.4, 0.5) is 5.82 Å². The van der Waals surface area contributed by atoms with Crippen LogP contribution in [-0.2, 0) is 6.42 Å². The van der Waals surface area contributed by atoms with Gasteiger partial charge in [0.05, 0.1) is 11.4 Å². The third kappa shape index (κ3) is 3.47. The van der Waals surface area contributed by atoms with Gasteiger partial charge in [-0.05, 0) is 43.4 Å². The molecule has 2 aromatic rings. The molecule has 0 saturated carbocycles. The number of anilines is 1. The molecule has 1 saturated heterocycles. The van der Waals surface area contributed by atoms with Crippen molar-refractivity contribution in [2.24, 2.45) is 0 Å². The van der Waals surface area contributed by atoms with Crippen LogP contribution in [0.5, 0.6) is 0 Å². The zero-order valence-electron chi connectivity index (χ0n) is 13.4. The third-order valence-corrected chi connectivity index (χ3v) is 4.73. The molecule has 0 bridgehead atoms. The quantitative estimate of drug-likeness (QED) is 0.849. The number of hydrogen-bond donors (Lipinski definition) is 0. The molecule has 1 amide bonds. The maximum atomic E-state index is 12.7. The summed E-state index contributed by atoms with van der Waals surface area (Å²) < 4.78 is 3.92. The van der Waals surface area contributed by atoms with E-state index in [1.54, 1.807) is 0 Å². The van der Waals surface area contributed by atoms with Gasteiger partial charge in [0.15, 0.2) is 5.82 Å². The van der Waals surface area contributed by atoms with Gasteiger partial charge in [0.1, 0.15) is 4.88 Å². The molecule has 0 aromatic carbocycles. The normalized spacial score (nSPS) is 15.6. The number of amides is 1. The summed E-state index contributed by atoms with van der Waals surface area (Å²) in [6.07, 6.45) is 1.64. The number of nitrogens with zero attached hydrogens (tertiary/aromatic N) is 6. The summed E-state index contributed by atoms with van der Waals surface area (Å²) in [5.41, 5.74) is 1.70. The highest BCUT2D eigenvalue weighted by atomic mass is 32.1. The highest BCUT2D eigenvalue weighted by Gasteiger charge is 2.24. The van der Waals surface area contributed by atoms with Crippen LogP contribution in [0.1, 0.15) is 34.4 Å². The van der Waals surface area contributed by atoms with Gasteiger partial charge in [-0.3, -0.25) is 4.79 Å². The first kappa shape index (κ1) is 15.8. The Balaban J connectivity index is 1.68. The van der Waals surface area contributed by atoms with E-state index in [1.165, 1.54) is 11.5 Å². The Kier molecular flexibility index (Phi) is 4.80. The summed E-state index contributed by atoms with van der Waals surface area (Å²) in [6.45, 7) is 6.98. The van der Waals surface area contributed by atoms with E-state index in [4.69, 9.17) is 0 Å². The largest absolute Gasteiger partial charge is 0.353 e. The summed E-state index contributed by atoms with van der Waals surface area (Å²) in [7, 11) is 0. The van der Waals surface area contributed by atoms with E-state index in [2.05, 4.69) is 24.7 Å². The number of hydrogen-bond acceptors (Lipinski definition) is 7. The Bertz CT molecular complexity index is 671. The lowest BCUT2D eigenvalue weighted by Gasteiger charge is -2.22. The van der Waals surface area contributed by atoms with Crippen LogP contribution in [0.25, 0.3) is 0 Å². The highest BCUT2D eigenvalue weighted by Crippen LogP contribution is 2.18. The van der Waals surface area contributed by atoms with Crippen LogP contribution >= 0.6 is 11.5 Å². The van der Waals surface area contributed by atoms with E-state index in [9.17, 15) is 4.79 Å². The second-order valence-electron chi connectivity index (χ2n) is 5.57. The molecule has 122 valence electrons. The maximum Gasteiger partial charge on any atom is 0.267 e. The minimum atomic E-state index is 0.0497. The summed E-state index contributed by atoms with van der Waals surface area (Å²) in [5.74, 6) is 0.923. The average molecular weight is 332 g/mol. The first-order valence-electron chi connectivity index (χ1n) is 7.85. The molecule has 23 heavy (non-hydrogen) atoms. The fraction of sp³-hybridized carbons (Fsp3) is 0.533. The first-order valence-corrected chi connectivity index (χ1v) is 8.62. The molecule has 1 aliphatic rings. The van der Waals surface area contributed by atoms with Crippen LogP contribution < -0.4 is 4.90 Å². The Morgan fingerprint density at radius 2 is 2.04 bits per heavy atom. The van der Waals surface area contributed by atoms with Crippen molar-refractivity contribution in [2.75, 3.05) is 31.1 Å². The van der Waals surface area contributed by atoms with Gasteiger partial charge in [-0.15, -0.1) is 10.2 Å². The van der Waals surface area contributed by atoms with Crippen LogP contribution in [0, 0.1) is 6.92 Å². The second kappa shape index (κ2) is 6.99. The van der Waals surface area contributed by atoms with E-state index in [0.717, 1.165) is 49.7 Å². The Hall–Kier alpha value is -2.09. The molecule has 0 spiro atoms. The molecule has 1 fully saturated rings. The van der Waals surface area contributed by atoms with Crippen molar-refractivity contribution < 1.29 is 4.79 Å². The van der Waals surface area contributed by atoms with E-state index >= 15 is 0 Å². The molecule has 0 radical (unpaired) electrons. The molecule has 1 aliphatic heterocycles. The topological polar surface area (TPSA) is 75.1 Å². The van der Waals surface area contributed by atoms with E-state index < -0.39 is 0 Å². The molecule has 0 N–H and O–H groups in total. The summed E-state index contributed by atoms with van der Waals surface area (Å²) in [4.78, 5) is 17.5. The molecular formula is C15H20N6OS. The summed E-state index contributed by atoms with van der Waals surface area (Å²) in [6, 6.07) is 3.95. The van der Waals surface area contributed by atoms with Gasteiger partial charge in [0, 0.05) is 26.2 Å². The predicted octanol–water partition coefficient (Wildman–Crippen LogP) is 1.55. The Labute approximate surface area is 139 Å². The van der Waals surface area contributed by atoms with Gasteiger partial charge in [-0.2, -0.15) is 5.10 Å². The lowest BCUT2D eigenvalue weighted by Crippen LogP contribution is -2.35. The SMILES string of the molecule is CCc1nnsc1C(=O)N1CCCN(c2ccc(C)nn2)CC1. The van der Waals surface area contributed by atoms with Crippen molar-refractivity contribution in [1.82, 2.24) is 24.7 Å². The molecule has 0 atom stereocenters. The van der Waals surface area contributed by atoms with Crippen LogP contribution in [0.15, 0.2) is 12.1 Å². The summed E-state index contributed by atoms with van der Waals surface area (Å²) in [5, 5.41) is 12.4. The fourth-order valence-electron chi connectivity index (χ4n) is 2.66. The van der Waals surface area contributed by atoms with Gasteiger partial charge in [0.2, 0.25) is 0 Å². The standard InChI is InChI=1S/C15H20N6OS/c1-3-12-14(23-19-17-12)15(22)21-8-4-7-20(9-10-21)13-6-5-11(2)16-18-13/h5-6H,3-4,7-10H2,1-2H3. The van der Waals surface area contributed by atoms with Crippen LogP contribution in [0.2, 0.25) is 0 Å². The highest BCUT2D eigenvalue weighted by molar-refractivity contribution is 7.08. The van der Waals surface area contributed by atoms with Gasteiger partial charge in [-0.25, -0.2) is 0 Å². The van der Waals surface area contributed by atoms with Gasteiger partial charge in [0.25, 0.3) is 5.91 Å². The van der Waals surface area contributed by atoms with Gasteiger partial charge < -0.3 is 9.80 Å². The number of aryl methyl sites for hydroxylation is 2. The third-order valence-electron chi connectivity index (χ3n) is 3.98. The van der Waals surface area contributed by atoms with Crippen molar-refractivity contribution in [3.05, 3.63) is 28.4 Å². The van der Waals surface area contributed by atoms with Crippen molar-refractivity contribution in [3.63, 3.8) is 0 Å². The zero-order chi connectivity index (χ0) is 16.2. The van der Waals surface area contributed by atoms with E-state index in [-0.39, 0.29) is 5.91 Å². The molecule has 0 aliphatic carbocycles. The van der Waals surface area contributed by atoms with Crippen LogP contribution in [-0.4, -0.2) is 56.8 Å². The number of aromatic nitrogens is 4. The number of rotatable bonds is 3. The van der Waals surface area contributed by atoms with Crippen molar-refractivity contribution >= 4 is 23.3 Å². The van der Waals surface area contributed by atoms with Gasteiger partial charge in [-0.1, -0.05) is 11.4 Å². The smallest absolute Gasteiger partial charge is 0.267 e. The minimum Gasteiger partial charge on any atom is -0.353 e. The lowest BCUT2D eigenvalue weighted by atomic mass is 10.2. The molecule has 2 aromatic heterocycles. The average Bonchev–Trinajstić information content (AvgIpc) is 2.91. The maximum absolute atomic E-state index is 12.7. The predicted molar refractivity (Wildman–Crippen MR) is 88.8 cm³/mol. The number of carbonyl (C=O) groups is 1. The second-order valence-corrected chi connectivity index (χ2v) is 6.32. The summed E-state index contributed by atoms with van der Waals surface area (Å²) >= 11 is 1.19. The Morgan fingerprint density at radius 1 is 1.17 bits per heavy atom. The molecule has 3 rings (SSSR count). The van der Waals surface area contributed by atoms with Gasteiger partial charge >= 0.3 is 0 Å². The zero-order valence-corrected chi connectivity index (χ0v) is 14.2. The van der Waals surface area contributed by atoms with Crippen molar-refractivity contribution in [2.45, 2.75) is 26.7 Å². The molecule has 0 unspecified atom stereocenters. The monoisotopic (exact) mass is 332 g/mol. The van der Waals surface area contributed by atoms with Crippen LogP contribution in [0.3, 0.4) is 0 Å². The minimum absolute atomic E-state index is 0.0497. The fourth-order valence-corrected chi connectivity index (χ4v) is 3.37. The van der Waals surface area contributed by atoms with Crippen molar-refractivity contribution in [3.8, 4) is 0 Å². The molecule has 3 heterocycles. The Morgan fingerprint density at radius 3 is 2.78 bits per heavy atom. The first-order chi connectivity index (χ1) is 11.2. The molecule has 7 nitrogen and oxygen atoms in total. The molecule has 8 heteroatoms.